The van der Waals surface area contributed by atoms with E-state index in [1.54, 1.807) is 0 Å². The van der Waals surface area contributed by atoms with Crippen LogP contribution in [0.5, 0.6) is 0 Å². The summed E-state index contributed by atoms with van der Waals surface area (Å²) in [5.41, 5.74) is 1.41. The predicted molar refractivity (Wildman–Crippen MR) is 88.2 cm³/mol. The molecule has 5 heteroatoms. The first-order chi connectivity index (χ1) is 8.84. The van der Waals surface area contributed by atoms with E-state index >= 15 is 0 Å². The Hall–Kier alpha value is -1.19. The van der Waals surface area contributed by atoms with Gasteiger partial charge < -0.3 is 9.88 Å². The van der Waals surface area contributed by atoms with E-state index < -0.39 is 0 Å². The molecule has 1 aliphatic heterocycles. The van der Waals surface area contributed by atoms with Crippen molar-refractivity contribution in [3.05, 3.63) is 47.9 Å². The van der Waals surface area contributed by atoms with E-state index in [0.717, 1.165) is 18.2 Å². The Kier molecular flexibility index (Phi) is 6.37. The van der Waals surface area contributed by atoms with Crippen molar-refractivity contribution in [1.29, 1.82) is 0 Å². The Balaban J connectivity index is 0.000001000. The zero-order valence-corrected chi connectivity index (χ0v) is 13.2. The maximum absolute atomic E-state index is 4.32. The van der Waals surface area contributed by atoms with Crippen molar-refractivity contribution in [3.8, 4) is 0 Å². The van der Waals surface area contributed by atoms with Crippen LogP contribution in [0.25, 0.3) is 0 Å². The summed E-state index contributed by atoms with van der Waals surface area (Å²) in [6, 6.07) is 11.3. The van der Waals surface area contributed by atoms with E-state index in [9.17, 15) is 0 Å². The van der Waals surface area contributed by atoms with Gasteiger partial charge in [0.1, 0.15) is 11.6 Å². The maximum Gasteiger partial charge on any atom is 0.126 e. The second-order valence-corrected chi connectivity index (χ2v) is 4.97. The molecule has 1 saturated heterocycles. The van der Waals surface area contributed by atoms with Crippen LogP contribution in [0.2, 0.25) is 0 Å². The fourth-order valence-corrected chi connectivity index (χ4v) is 2.80. The highest BCUT2D eigenvalue weighted by Crippen LogP contribution is 2.33. The quantitative estimate of drug-likeness (QED) is 0.896. The summed E-state index contributed by atoms with van der Waals surface area (Å²) in [5, 5.41) is 0. The molecule has 0 bridgehead atoms. The molecule has 3 nitrogen and oxygen atoms in total. The van der Waals surface area contributed by atoms with Crippen LogP contribution >= 0.6 is 24.8 Å². The number of aromatic nitrogens is 2. The molecule has 1 aromatic carbocycles. The first-order valence-electron chi connectivity index (χ1n) is 6.68. The summed E-state index contributed by atoms with van der Waals surface area (Å²) in [7, 11) is 0. The third-order valence-electron chi connectivity index (χ3n) is 3.69. The van der Waals surface area contributed by atoms with Gasteiger partial charge in [-0.25, -0.2) is 4.98 Å². The average molecular weight is 314 g/mol. The number of benzene rings is 1. The molecule has 0 radical (unpaired) electrons. The summed E-state index contributed by atoms with van der Waals surface area (Å²) in [6.45, 7) is 3.12. The molecule has 1 N–H and O–H groups in total. The summed E-state index contributed by atoms with van der Waals surface area (Å²) in [6.07, 6.45) is 5.75. The van der Waals surface area contributed by atoms with Gasteiger partial charge in [-0.2, -0.15) is 0 Å². The molecule has 20 heavy (non-hydrogen) atoms. The molecule has 1 fully saturated rings. The SMILES string of the molecule is Cc1ncc(N2CCCCC2c2ccccc2)[nH]1.Cl.Cl. The van der Waals surface area contributed by atoms with E-state index in [4.69, 9.17) is 0 Å². The smallest absolute Gasteiger partial charge is 0.126 e. The molecule has 0 saturated carbocycles. The number of anilines is 1. The van der Waals surface area contributed by atoms with Crippen molar-refractivity contribution in [3.63, 3.8) is 0 Å². The van der Waals surface area contributed by atoms with Crippen LogP contribution in [0.3, 0.4) is 0 Å². The van der Waals surface area contributed by atoms with Crippen LogP contribution in [0.1, 0.15) is 36.7 Å². The normalized spacial score (nSPS) is 18.1. The number of nitrogens with one attached hydrogen (secondary N) is 1. The Morgan fingerprint density at radius 3 is 2.55 bits per heavy atom. The van der Waals surface area contributed by atoms with Crippen molar-refractivity contribution in [2.45, 2.75) is 32.2 Å². The van der Waals surface area contributed by atoms with E-state index in [1.807, 2.05) is 13.1 Å². The number of aromatic amines is 1. The third-order valence-corrected chi connectivity index (χ3v) is 3.69. The summed E-state index contributed by atoms with van der Waals surface area (Å²) in [4.78, 5) is 10.1. The Bertz CT molecular complexity index is 513. The van der Waals surface area contributed by atoms with Crippen molar-refractivity contribution in [2.24, 2.45) is 0 Å². The lowest BCUT2D eigenvalue weighted by molar-refractivity contribution is 0.470. The van der Waals surface area contributed by atoms with Crippen molar-refractivity contribution in [1.82, 2.24) is 9.97 Å². The monoisotopic (exact) mass is 313 g/mol. The number of aryl methyl sites for hydroxylation is 1. The Morgan fingerprint density at radius 1 is 1.15 bits per heavy atom. The molecule has 3 rings (SSSR count). The first kappa shape index (κ1) is 16.9. The molecule has 1 atom stereocenters. The van der Waals surface area contributed by atoms with Gasteiger partial charge in [0.05, 0.1) is 12.2 Å². The van der Waals surface area contributed by atoms with Gasteiger partial charge >= 0.3 is 0 Å². The van der Waals surface area contributed by atoms with Gasteiger partial charge in [0.25, 0.3) is 0 Å². The van der Waals surface area contributed by atoms with Crippen molar-refractivity contribution >= 4 is 30.6 Å². The molecule has 1 aliphatic rings. The number of H-pyrrole nitrogens is 1. The highest BCUT2D eigenvalue weighted by Gasteiger charge is 2.24. The number of halogens is 2. The molecule has 0 aliphatic carbocycles. The summed E-state index contributed by atoms with van der Waals surface area (Å²) >= 11 is 0. The number of hydrogen-bond acceptors (Lipinski definition) is 2. The molecule has 1 aromatic heterocycles. The largest absolute Gasteiger partial charge is 0.350 e. The average Bonchev–Trinajstić information content (AvgIpc) is 2.86. The minimum absolute atomic E-state index is 0. The predicted octanol–water partition coefficient (Wildman–Crippen LogP) is 4.29. The van der Waals surface area contributed by atoms with Crippen LogP contribution in [0, 0.1) is 6.92 Å². The lowest BCUT2D eigenvalue weighted by Gasteiger charge is -2.36. The Morgan fingerprint density at radius 2 is 1.90 bits per heavy atom. The van der Waals surface area contributed by atoms with E-state index in [1.165, 1.54) is 24.8 Å². The molecule has 2 aromatic rings. The van der Waals surface area contributed by atoms with E-state index in [2.05, 4.69) is 45.2 Å². The Labute approximate surface area is 132 Å². The van der Waals surface area contributed by atoms with Crippen LogP contribution in [0.4, 0.5) is 5.82 Å². The van der Waals surface area contributed by atoms with Crippen LogP contribution in [-0.4, -0.2) is 16.5 Å². The highest BCUT2D eigenvalue weighted by molar-refractivity contribution is 5.85. The molecule has 2 heterocycles. The topological polar surface area (TPSA) is 31.9 Å². The molecule has 0 amide bonds. The van der Waals surface area contributed by atoms with Gasteiger partial charge in [0, 0.05) is 6.54 Å². The zero-order valence-electron chi connectivity index (χ0n) is 11.6. The molecular weight excluding hydrogens is 293 g/mol. The number of piperidine rings is 1. The van der Waals surface area contributed by atoms with E-state index in [-0.39, 0.29) is 24.8 Å². The maximum atomic E-state index is 4.32. The molecular formula is C15H21Cl2N3. The lowest BCUT2D eigenvalue weighted by atomic mass is 9.95. The van der Waals surface area contributed by atoms with Crippen LogP contribution in [0.15, 0.2) is 36.5 Å². The van der Waals surface area contributed by atoms with Gasteiger partial charge in [-0.05, 0) is 31.7 Å². The van der Waals surface area contributed by atoms with Gasteiger partial charge in [0.2, 0.25) is 0 Å². The van der Waals surface area contributed by atoms with Crippen molar-refractivity contribution in [2.75, 3.05) is 11.4 Å². The number of imidazole rings is 1. The molecule has 110 valence electrons. The fourth-order valence-electron chi connectivity index (χ4n) is 2.80. The molecule has 1 unspecified atom stereocenters. The van der Waals surface area contributed by atoms with Gasteiger partial charge in [-0.3, -0.25) is 0 Å². The minimum atomic E-state index is 0. The zero-order chi connectivity index (χ0) is 12.4. The lowest BCUT2D eigenvalue weighted by Crippen LogP contribution is -2.33. The van der Waals surface area contributed by atoms with Gasteiger partial charge in [-0.15, -0.1) is 24.8 Å². The molecule has 0 spiro atoms. The third kappa shape index (κ3) is 3.47. The fraction of sp³-hybridized carbons (Fsp3) is 0.400. The second kappa shape index (κ2) is 7.55. The number of rotatable bonds is 2. The van der Waals surface area contributed by atoms with Crippen LogP contribution < -0.4 is 4.90 Å². The second-order valence-electron chi connectivity index (χ2n) is 4.97. The van der Waals surface area contributed by atoms with Crippen molar-refractivity contribution < 1.29 is 0 Å². The highest BCUT2D eigenvalue weighted by atomic mass is 35.5. The first-order valence-corrected chi connectivity index (χ1v) is 6.68. The standard InChI is InChI=1S/C15H19N3.2ClH/c1-12-16-11-15(17-12)18-10-6-5-9-14(18)13-7-3-2-4-8-13;;/h2-4,7-8,11,14H,5-6,9-10H2,1H3,(H,16,17);2*1H. The number of hydrogen-bond donors (Lipinski definition) is 1. The minimum Gasteiger partial charge on any atom is -0.350 e. The van der Waals surface area contributed by atoms with Crippen LogP contribution in [-0.2, 0) is 0 Å². The number of nitrogens with zero attached hydrogens (tertiary/aromatic N) is 2. The van der Waals surface area contributed by atoms with Gasteiger partial charge in [-0.1, -0.05) is 30.3 Å². The summed E-state index contributed by atoms with van der Waals surface area (Å²) in [5.74, 6) is 2.14. The summed E-state index contributed by atoms with van der Waals surface area (Å²) < 4.78 is 0. The van der Waals surface area contributed by atoms with Gasteiger partial charge in [0.15, 0.2) is 0 Å². The van der Waals surface area contributed by atoms with E-state index in [0.29, 0.717) is 6.04 Å².